The molecule has 0 aliphatic heterocycles. The Bertz CT molecular complexity index is 642. The second-order valence-corrected chi connectivity index (χ2v) is 6.32. The zero-order valence-electron chi connectivity index (χ0n) is 11.3. The molecule has 0 unspecified atom stereocenters. The van der Waals surface area contributed by atoms with Gasteiger partial charge in [-0.2, -0.15) is 0 Å². The molecule has 20 heavy (non-hydrogen) atoms. The first-order chi connectivity index (χ1) is 9.65. The van der Waals surface area contributed by atoms with Gasteiger partial charge in [-0.3, -0.25) is 10.1 Å². The lowest BCUT2D eigenvalue weighted by molar-refractivity contribution is -0.384. The molecule has 1 N–H and O–H groups in total. The monoisotopic (exact) mass is 288 g/mol. The average Bonchev–Trinajstić information content (AvgIpc) is 2.97. The number of hydrogen-bond donors (Lipinski definition) is 1. The van der Waals surface area contributed by atoms with Crippen LogP contribution in [0.2, 0.25) is 0 Å². The maximum atomic E-state index is 11.1. The lowest BCUT2D eigenvalue weighted by Crippen LogP contribution is -2.03. The minimum Gasteiger partial charge on any atom is -0.374 e. The Morgan fingerprint density at radius 3 is 3.00 bits per heavy atom. The number of rotatable bonds is 4. The zero-order chi connectivity index (χ0) is 14.1. The molecule has 1 aromatic carbocycles. The number of anilines is 1. The van der Waals surface area contributed by atoms with Gasteiger partial charge in [-0.15, -0.1) is 11.3 Å². The number of fused-ring (bicyclic) bond motifs is 1. The summed E-state index contributed by atoms with van der Waals surface area (Å²) in [6.45, 7) is 2.55. The molecular weight excluding hydrogens is 272 g/mol. The normalized spacial score (nSPS) is 13.2. The molecule has 1 heterocycles. The number of thiophene rings is 1. The van der Waals surface area contributed by atoms with Gasteiger partial charge in [-0.25, -0.2) is 0 Å². The van der Waals surface area contributed by atoms with E-state index in [2.05, 4.69) is 11.4 Å². The van der Waals surface area contributed by atoms with E-state index >= 15 is 0 Å². The van der Waals surface area contributed by atoms with Crippen LogP contribution in [0.25, 0.3) is 0 Å². The van der Waals surface area contributed by atoms with Crippen molar-refractivity contribution in [3.05, 3.63) is 55.3 Å². The lowest BCUT2D eigenvalue weighted by atomic mass is 10.1. The first-order valence-corrected chi connectivity index (χ1v) is 7.55. The molecule has 1 aliphatic carbocycles. The van der Waals surface area contributed by atoms with Crippen molar-refractivity contribution in [2.45, 2.75) is 32.7 Å². The third-order valence-electron chi connectivity index (χ3n) is 3.68. The van der Waals surface area contributed by atoms with Crippen LogP contribution >= 0.6 is 11.3 Å². The number of hydrogen-bond acceptors (Lipinski definition) is 4. The second-order valence-electron chi connectivity index (χ2n) is 5.09. The minimum absolute atomic E-state index is 0.147. The van der Waals surface area contributed by atoms with Gasteiger partial charge in [-0.1, -0.05) is 12.1 Å². The topological polar surface area (TPSA) is 55.2 Å². The van der Waals surface area contributed by atoms with E-state index in [0.29, 0.717) is 12.2 Å². The number of nitro groups is 1. The number of aryl methyl sites for hydroxylation is 3. The summed E-state index contributed by atoms with van der Waals surface area (Å²) >= 11 is 1.83. The van der Waals surface area contributed by atoms with Crippen LogP contribution in [0.1, 0.15) is 27.3 Å². The van der Waals surface area contributed by atoms with E-state index in [1.807, 2.05) is 24.3 Å². The van der Waals surface area contributed by atoms with Gasteiger partial charge in [0.15, 0.2) is 0 Å². The van der Waals surface area contributed by atoms with Gasteiger partial charge < -0.3 is 5.32 Å². The molecule has 2 aromatic rings. The van der Waals surface area contributed by atoms with E-state index in [-0.39, 0.29) is 10.6 Å². The molecule has 0 amide bonds. The van der Waals surface area contributed by atoms with Gasteiger partial charge >= 0.3 is 0 Å². The van der Waals surface area contributed by atoms with Gasteiger partial charge in [0, 0.05) is 22.4 Å². The Kier molecular flexibility index (Phi) is 3.44. The van der Waals surface area contributed by atoms with Crippen molar-refractivity contribution in [3.8, 4) is 0 Å². The first-order valence-electron chi connectivity index (χ1n) is 6.73. The summed E-state index contributed by atoms with van der Waals surface area (Å²) in [7, 11) is 0. The van der Waals surface area contributed by atoms with E-state index in [4.69, 9.17) is 0 Å². The Labute approximate surface area is 121 Å². The average molecular weight is 288 g/mol. The summed E-state index contributed by atoms with van der Waals surface area (Å²) in [5, 5.41) is 14.3. The molecule has 0 spiro atoms. The van der Waals surface area contributed by atoms with E-state index in [0.717, 1.165) is 5.56 Å². The highest BCUT2D eigenvalue weighted by Crippen LogP contribution is 2.32. The van der Waals surface area contributed by atoms with E-state index in [9.17, 15) is 10.1 Å². The standard InChI is InChI=1S/C15H16N2O2S/c1-10-4-2-6-13(17(18)19)15(10)16-9-12-8-11-5-3-7-14(11)20-12/h2,4,6,8,16H,3,5,7,9H2,1H3. The number of benzene rings is 1. The SMILES string of the molecule is Cc1cccc([N+](=O)[O-])c1NCc1cc2c(s1)CCC2. The predicted molar refractivity (Wildman–Crippen MR) is 81.5 cm³/mol. The van der Waals surface area contributed by atoms with Crippen molar-refractivity contribution in [2.75, 3.05) is 5.32 Å². The molecule has 104 valence electrons. The predicted octanol–water partition coefficient (Wildman–Crippen LogP) is 4.07. The van der Waals surface area contributed by atoms with Crippen LogP contribution in [0, 0.1) is 17.0 Å². The van der Waals surface area contributed by atoms with Gasteiger partial charge in [0.1, 0.15) is 5.69 Å². The highest BCUT2D eigenvalue weighted by atomic mass is 32.1. The summed E-state index contributed by atoms with van der Waals surface area (Å²) in [6.07, 6.45) is 3.62. The molecule has 1 aliphatic rings. The quantitative estimate of drug-likeness (QED) is 0.681. The summed E-state index contributed by atoms with van der Waals surface area (Å²) < 4.78 is 0. The van der Waals surface area contributed by atoms with E-state index < -0.39 is 0 Å². The first kappa shape index (κ1) is 13.1. The number of nitro benzene ring substituents is 1. The maximum Gasteiger partial charge on any atom is 0.292 e. The molecule has 0 fully saturated rings. The molecule has 0 atom stereocenters. The smallest absolute Gasteiger partial charge is 0.292 e. The van der Waals surface area contributed by atoms with Crippen LogP contribution < -0.4 is 5.32 Å². The zero-order valence-corrected chi connectivity index (χ0v) is 12.1. The molecule has 0 saturated carbocycles. The molecule has 3 rings (SSSR count). The fourth-order valence-electron chi connectivity index (χ4n) is 2.69. The van der Waals surface area contributed by atoms with Crippen molar-refractivity contribution in [3.63, 3.8) is 0 Å². The number of nitrogens with one attached hydrogen (secondary N) is 1. The van der Waals surface area contributed by atoms with Crippen LogP contribution in [-0.2, 0) is 19.4 Å². The van der Waals surface area contributed by atoms with Crippen LogP contribution in [0.4, 0.5) is 11.4 Å². The van der Waals surface area contributed by atoms with Crippen LogP contribution in [0.15, 0.2) is 24.3 Å². The number of nitrogens with zero attached hydrogens (tertiary/aromatic N) is 1. The molecule has 1 aromatic heterocycles. The summed E-state index contributed by atoms with van der Waals surface area (Å²) in [5.41, 5.74) is 3.15. The van der Waals surface area contributed by atoms with Crippen molar-refractivity contribution in [2.24, 2.45) is 0 Å². The minimum atomic E-state index is -0.330. The lowest BCUT2D eigenvalue weighted by Gasteiger charge is -2.08. The Morgan fingerprint density at radius 2 is 2.25 bits per heavy atom. The van der Waals surface area contributed by atoms with Crippen LogP contribution in [-0.4, -0.2) is 4.92 Å². The van der Waals surface area contributed by atoms with Gasteiger partial charge in [-0.05, 0) is 43.4 Å². The summed E-state index contributed by atoms with van der Waals surface area (Å²) in [5.74, 6) is 0. The Hall–Kier alpha value is -1.88. The van der Waals surface area contributed by atoms with Gasteiger partial charge in [0.25, 0.3) is 5.69 Å². The largest absolute Gasteiger partial charge is 0.374 e. The second kappa shape index (κ2) is 5.25. The van der Waals surface area contributed by atoms with Crippen LogP contribution in [0.3, 0.4) is 0 Å². The van der Waals surface area contributed by atoms with Crippen molar-refractivity contribution >= 4 is 22.7 Å². The van der Waals surface area contributed by atoms with E-state index in [1.165, 1.54) is 34.6 Å². The van der Waals surface area contributed by atoms with Crippen molar-refractivity contribution < 1.29 is 4.92 Å². The summed E-state index contributed by atoms with van der Waals surface area (Å²) in [6, 6.07) is 7.40. The molecule has 0 radical (unpaired) electrons. The highest BCUT2D eigenvalue weighted by Gasteiger charge is 2.17. The maximum absolute atomic E-state index is 11.1. The molecule has 0 bridgehead atoms. The number of para-hydroxylation sites is 1. The molecule has 5 heteroatoms. The van der Waals surface area contributed by atoms with Crippen LogP contribution in [0.5, 0.6) is 0 Å². The molecular formula is C15H16N2O2S. The van der Waals surface area contributed by atoms with Crippen molar-refractivity contribution in [1.29, 1.82) is 0 Å². The Morgan fingerprint density at radius 1 is 1.40 bits per heavy atom. The third-order valence-corrected chi connectivity index (χ3v) is 4.92. The highest BCUT2D eigenvalue weighted by molar-refractivity contribution is 7.12. The molecule has 0 saturated heterocycles. The van der Waals surface area contributed by atoms with Crippen molar-refractivity contribution in [1.82, 2.24) is 0 Å². The fourth-order valence-corrected chi connectivity index (χ4v) is 3.89. The van der Waals surface area contributed by atoms with E-state index in [1.54, 1.807) is 12.1 Å². The third kappa shape index (κ3) is 2.41. The fraction of sp³-hybridized carbons (Fsp3) is 0.333. The van der Waals surface area contributed by atoms with Gasteiger partial charge in [0.2, 0.25) is 0 Å². The molecule has 4 nitrogen and oxygen atoms in total. The Balaban J connectivity index is 1.79. The summed E-state index contributed by atoms with van der Waals surface area (Å²) in [4.78, 5) is 13.5. The van der Waals surface area contributed by atoms with Gasteiger partial charge in [0.05, 0.1) is 4.92 Å².